The van der Waals surface area contributed by atoms with Crippen LogP contribution in [-0.2, 0) is 14.4 Å². The van der Waals surface area contributed by atoms with Crippen LogP contribution in [0.5, 0.6) is 0 Å². The highest BCUT2D eigenvalue weighted by atomic mass is 16.4. The summed E-state index contributed by atoms with van der Waals surface area (Å²) in [6, 6.07) is 0. The van der Waals surface area contributed by atoms with Crippen molar-refractivity contribution in [3.8, 4) is 0 Å². The summed E-state index contributed by atoms with van der Waals surface area (Å²) in [5.41, 5.74) is -0.464. The van der Waals surface area contributed by atoms with Crippen LogP contribution in [0.15, 0.2) is 0 Å². The Morgan fingerprint density at radius 1 is 1.16 bits per heavy atom. The molecule has 0 rings (SSSR count). The van der Waals surface area contributed by atoms with Crippen LogP contribution in [0.1, 0.15) is 33.6 Å². The Hall–Kier alpha value is -1.63. The molecule has 0 bridgehead atoms. The van der Waals surface area contributed by atoms with Gasteiger partial charge in [0.05, 0.1) is 6.54 Å². The highest BCUT2D eigenvalue weighted by Gasteiger charge is 2.20. The molecule has 0 spiro atoms. The first-order valence-corrected chi connectivity index (χ1v) is 6.10. The van der Waals surface area contributed by atoms with Crippen molar-refractivity contribution in [1.29, 1.82) is 0 Å². The van der Waals surface area contributed by atoms with E-state index in [1.165, 1.54) is 0 Å². The Morgan fingerprint density at radius 2 is 1.74 bits per heavy atom. The molecule has 1 atom stereocenters. The summed E-state index contributed by atoms with van der Waals surface area (Å²) >= 11 is 0. The van der Waals surface area contributed by atoms with E-state index in [0.29, 0.717) is 13.0 Å². The topological polar surface area (TPSA) is 116 Å². The summed E-state index contributed by atoms with van der Waals surface area (Å²) in [6.07, 6.45) is -0.974. The van der Waals surface area contributed by atoms with Crippen molar-refractivity contribution in [1.82, 2.24) is 10.6 Å². The fraction of sp³-hybridized carbons (Fsp3) is 0.750. The van der Waals surface area contributed by atoms with E-state index in [2.05, 4.69) is 10.6 Å². The van der Waals surface area contributed by atoms with Crippen LogP contribution in [0.4, 0.5) is 0 Å². The number of aliphatic carboxylic acids is 1. The third kappa shape index (κ3) is 8.15. The number of hydrogen-bond acceptors (Lipinski definition) is 4. The first kappa shape index (κ1) is 17.4. The van der Waals surface area contributed by atoms with Crippen molar-refractivity contribution in [3.05, 3.63) is 0 Å². The zero-order valence-electron chi connectivity index (χ0n) is 11.5. The molecule has 0 aliphatic heterocycles. The maximum absolute atomic E-state index is 11.5. The number of nitrogens with one attached hydrogen (secondary N) is 2. The summed E-state index contributed by atoms with van der Waals surface area (Å²) in [7, 11) is 0. The van der Waals surface area contributed by atoms with Crippen molar-refractivity contribution in [3.63, 3.8) is 0 Å². The minimum absolute atomic E-state index is 0.0887. The third-order valence-corrected chi connectivity index (χ3v) is 2.32. The van der Waals surface area contributed by atoms with E-state index in [9.17, 15) is 14.4 Å². The van der Waals surface area contributed by atoms with Crippen LogP contribution in [-0.4, -0.2) is 47.2 Å². The molecule has 0 fully saturated rings. The molecule has 2 amide bonds. The zero-order valence-corrected chi connectivity index (χ0v) is 11.5. The molecule has 19 heavy (non-hydrogen) atoms. The molecule has 0 aliphatic rings. The van der Waals surface area contributed by atoms with Gasteiger partial charge in [0.1, 0.15) is 0 Å². The molecule has 0 aromatic carbocycles. The predicted octanol–water partition coefficient (Wildman–Crippen LogP) is -0.509. The number of aliphatic hydroxyl groups excluding tert-OH is 1. The summed E-state index contributed by atoms with van der Waals surface area (Å²) in [5, 5.41) is 22.3. The molecule has 7 heteroatoms. The van der Waals surface area contributed by atoms with Gasteiger partial charge in [-0.3, -0.25) is 9.59 Å². The van der Waals surface area contributed by atoms with Gasteiger partial charge in [0.15, 0.2) is 6.10 Å². The highest BCUT2D eigenvalue weighted by Crippen LogP contribution is 2.12. The lowest BCUT2D eigenvalue weighted by Gasteiger charge is -2.17. The molecule has 1 unspecified atom stereocenters. The minimum atomic E-state index is -1.59. The van der Waals surface area contributed by atoms with Gasteiger partial charge in [-0.2, -0.15) is 0 Å². The monoisotopic (exact) mass is 274 g/mol. The van der Waals surface area contributed by atoms with Gasteiger partial charge in [-0.25, -0.2) is 4.79 Å². The Balaban J connectivity index is 3.71. The van der Waals surface area contributed by atoms with E-state index in [-0.39, 0.29) is 24.8 Å². The van der Waals surface area contributed by atoms with Crippen LogP contribution in [0.25, 0.3) is 0 Å². The molecule has 0 saturated carbocycles. The first-order chi connectivity index (χ1) is 8.64. The fourth-order valence-corrected chi connectivity index (χ4v) is 1.10. The quantitative estimate of drug-likeness (QED) is 0.467. The highest BCUT2D eigenvalue weighted by molar-refractivity contribution is 5.81. The average Bonchev–Trinajstić information content (AvgIpc) is 2.29. The molecule has 0 aromatic rings. The van der Waals surface area contributed by atoms with E-state index < -0.39 is 17.5 Å². The van der Waals surface area contributed by atoms with Gasteiger partial charge in [0, 0.05) is 18.4 Å². The van der Waals surface area contributed by atoms with Crippen molar-refractivity contribution in [2.24, 2.45) is 5.41 Å². The Kier molecular flexibility index (Phi) is 7.06. The summed E-state index contributed by atoms with van der Waals surface area (Å²) in [6.45, 7) is 5.44. The predicted molar refractivity (Wildman–Crippen MR) is 68.4 cm³/mol. The number of amides is 2. The van der Waals surface area contributed by atoms with Gasteiger partial charge in [-0.1, -0.05) is 20.8 Å². The molecular formula is C12H22N2O5. The maximum atomic E-state index is 11.5. The number of aliphatic hydroxyl groups is 1. The fourth-order valence-electron chi connectivity index (χ4n) is 1.10. The van der Waals surface area contributed by atoms with Crippen molar-refractivity contribution >= 4 is 17.8 Å². The normalized spacial score (nSPS) is 12.6. The molecular weight excluding hydrogens is 252 g/mol. The third-order valence-electron chi connectivity index (χ3n) is 2.32. The van der Waals surface area contributed by atoms with E-state index >= 15 is 0 Å². The number of hydrogen-bond donors (Lipinski definition) is 4. The van der Waals surface area contributed by atoms with Crippen LogP contribution < -0.4 is 10.6 Å². The largest absolute Gasteiger partial charge is 0.479 e. The van der Waals surface area contributed by atoms with Gasteiger partial charge in [0.2, 0.25) is 11.8 Å². The Morgan fingerprint density at radius 3 is 2.21 bits per heavy atom. The molecule has 110 valence electrons. The smallest absolute Gasteiger partial charge is 0.334 e. The molecule has 0 aromatic heterocycles. The minimum Gasteiger partial charge on any atom is -0.479 e. The molecule has 4 N–H and O–H groups in total. The maximum Gasteiger partial charge on any atom is 0.334 e. The summed E-state index contributed by atoms with van der Waals surface area (Å²) in [5.74, 6) is -1.82. The Bertz CT molecular complexity index is 336. The number of carbonyl (C=O) groups excluding carboxylic acids is 2. The lowest BCUT2D eigenvalue weighted by Crippen LogP contribution is -2.37. The summed E-state index contributed by atoms with van der Waals surface area (Å²) < 4.78 is 0. The van der Waals surface area contributed by atoms with Crippen molar-refractivity contribution in [2.75, 3.05) is 13.1 Å². The molecule has 7 nitrogen and oxygen atoms in total. The standard InChI is InChI=1S/C12H22N2O5/c1-12(2,3)11(19)13-6-4-5-9(16)14-7-8(15)10(17)18/h8,15H,4-7H2,1-3H3,(H,13,19)(H,14,16)(H,17,18). The van der Waals surface area contributed by atoms with E-state index in [0.717, 1.165) is 0 Å². The van der Waals surface area contributed by atoms with Crippen LogP contribution in [0, 0.1) is 5.41 Å². The van der Waals surface area contributed by atoms with E-state index in [4.69, 9.17) is 10.2 Å². The van der Waals surface area contributed by atoms with Gasteiger partial charge in [0.25, 0.3) is 0 Å². The van der Waals surface area contributed by atoms with Crippen molar-refractivity contribution in [2.45, 2.75) is 39.7 Å². The van der Waals surface area contributed by atoms with Gasteiger partial charge in [-0.05, 0) is 6.42 Å². The lowest BCUT2D eigenvalue weighted by atomic mass is 9.96. The first-order valence-electron chi connectivity index (χ1n) is 6.10. The van der Waals surface area contributed by atoms with Crippen LogP contribution in [0.2, 0.25) is 0 Å². The SMILES string of the molecule is CC(C)(C)C(=O)NCCCC(=O)NCC(O)C(=O)O. The molecule has 0 aliphatic carbocycles. The van der Waals surface area contributed by atoms with Crippen LogP contribution >= 0.6 is 0 Å². The molecule has 0 saturated heterocycles. The number of rotatable bonds is 7. The van der Waals surface area contributed by atoms with Gasteiger partial charge < -0.3 is 20.8 Å². The second-order valence-electron chi connectivity index (χ2n) is 5.27. The van der Waals surface area contributed by atoms with Crippen molar-refractivity contribution < 1.29 is 24.6 Å². The van der Waals surface area contributed by atoms with E-state index in [1.807, 2.05) is 0 Å². The lowest BCUT2D eigenvalue weighted by molar-refractivity contribution is -0.146. The van der Waals surface area contributed by atoms with Gasteiger partial charge in [-0.15, -0.1) is 0 Å². The average molecular weight is 274 g/mol. The molecule has 0 radical (unpaired) electrons. The van der Waals surface area contributed by atoms with Gasteiger partial charge >= 0.3 is 5.97 Å². The number of carboxylic acid groups (broad SMARTS) is 1. The number of carbonyl (C=O) groups is 3. The second-order valence-corrected chi connectivity index (χ2v) is 5.27. The van der Waals surface area contributed by atoms with E-state index in [1.54, 1.807) is 20.8 Å². The Labute approximate surface area is 112 Å². The van der Waals surface area contributed by atoms with Crippen LogP contribution in [0.3, 0.4) is 0 Å². The zero-order chi connectivity index (χ0) is 15.1. The molecule has 0 heterocycles. The second kappa shape index (κ2) is 7.73. The number of carboxylic acids is 1. The summed E-state index contributed by atoms with van der Waals surface area (Å²) in [4.78, 5) is 33.1.